The predicted molar refractivity (Wildman–Crippen MR) is 69.3 cm³/mol. The molecule has 0 bridgehead atoms. The molecule has 0 aliphatic rings. The predicted octanol–water partition coefficient (Wildman–Crippen LogP) is -0.229. The van der Waals surface area contributed by atoms with Gasteiger partial charge in [-0.05, 0) is 34.6 Å². The Morgan fingerprint density at radius 2 is 1.71 bits per heavy atom. The second-order valence-corrected chi connectivity index (χ2v) is 4.75. The fourth-order valence-corrected chi connectivity index (χ4v) is 2.00. The molecule has 0 saturated carbocycles. The first kappa shape index (κ1) is 15.5. The summed E-state index contributed by atoms with van der Waals surface area (Å²) in [6.45, 7) is 8.61. The smallest absolute Gasteiger partial charge is 0.248 e. The number of allylic oxidation sites excluding steroid dienone is 1. The molecule has 1 atom stereocenters. The zero-order valence-electron chi connectivity index (χ0n) is 11.1. The number of amides is 1. The highest BCUT2D eigenvalue weighted by Gasteiger charge is 2.33. The van der Waals surface area contributed by atoms with Gasteiger partial charge in [-0.25, -0.2) is 0 Å². The third-order valence-electron chi connectivity index (χ3n) is 2.22. The number of hydrogen-bond acceptors (Lipinski definition) is 4. The number of hydrogen-bond donors (Lipinski definition) is 4. The highest BCUT2D eigenvalue weighted by Crippen LogP contribution is 2.19. The van der Waals surface area contributed by atoms with Crippen LogP contribution in [0.3, 0.4) is 0 Å². The molecule has 0 aromatic heterocycles. The van der Waals surface area contributed by atoms with E-state index in [1.807, 2.05) is 0 Å². The Bertz CT molecular complexity index is 392. The fourth-order valence-electron chi connectivity index (χ4n) is 2.00. The summed E-state index contributed by atoms with van der Waals surface area (Å²) < 4.78 is 0. The Balaban J connectivity index is 5.33. The first-order valence-electron chi connectivity index (χ1n) is 5.32. The van der Waals surface area contributed by atoms with Crippen LogP contribution in [0.4, 0.5) is 0 Å². The molecule has 0 spiro atoms. The van der Waals surface area contributed by atoms with E-state index in [9.17, 15) is 4.79 Å². The van der Waals surface area contributed by atoms with Crippen molar-refractivity contribution in [3.8, 4) is 11.8 Å². The van der Waals surface area contributed by atoms with Crippen molar-refractivity contribution in [2.45, 2.75) is 45.8 Å². The molecule has 0 aromatic carbocycles. The van der Waals surface area contributed by atoms with Crippen LogP contribution in [0.15, 0.2) is 11.3 Å². The minimum absolute atomic E-state index is 0.312. The molecule has 5 heteroatoms. The third kappa shape index (κ3) is 4.47. The van der Waals surface area contributed by atoms with Gasteiger partial charge in [0.25, 0.3) is 0 Å². The van der Waals surface area contributed by atoms with Crippen molar-refractivity contribution in [3.05, 3.63) is 11.3 Å². The zero-order chi connectivity index (χ0) is 13.9. The maximum Gasteiger partial charge on any atom is 0.248 e. The molecule has 7 N–H and O–H groups in total. The molecule has 1 unspecified atom stereocenters. The van der Waals surface area contributed by atoms with Crippen LogP contribution in [0.5, 0.6) is 0 Å². The number of nitrogens with two attached hydrogens (primary N) is 3. The lowest BCUT2D eigenvalue weighted by Gasteiger charge is -2.35. The number of primary amides is 1. The van der Waals surface area contributed by atoms with Crippen LogP contribution in [0.2, 0.25) is 0 Å². The highest BCUT2D eigenvalue weighted by molar-refractivity contribution is 5.94. The van der Waals surface area contributed by atoms with E-state index in [4.69, 9.17) is 17.2 Å². The summed E-state index contributed by atoms with van der Waals surface area (Å²) in [7, 11) is 0. The van der Waals surface area contributed by atoms with E-state index in [1.165, 1.54) is 0 Å². The highest BCUT2D eigenvalue weighted by atomic mass is 16.1. The van der Waals surface area contributed by atoms with Gasteiger partial charge in [0, 0.05) is 11.2 Å². The first-order valence-corrected chi connectivity index (χ1v) is 5.32. The summed E-state index contributed by atoms with van der Waals surface area (Å²) in [5.41, 5.74) is 16.0. The summed E-state index contributed by atoms with van der Waals surface area (Å²) in [4.78, 5) is 11.4. The van der Waals surface area contributed by atoms with Gasteiger partial charge in [0.15, 0.2) is 0 Å². The van der Waals surface area contributed by atoms with Gasteiger partial charge >= 0.3 is 0 Å². The van der Waals surface area contributed by atoms with Crippen LogP contribution in [0.25, 0.3) is 0 Å². The Morgan fingerprint density at radius 1 is 1.24 bits per heavy atom. The lowest BCUT2D eigenvalue weighted by molar-refractivity contribution is -0.115. The van der Waals surface area contributed by atoms with Gasteiger partial charge in [-0.1, -0.05) is 5.92 Å². The normalized spacial score (nSPS) is 16.4. The maximum atomic E-state index is 11.4. The molecule has 0 fully saturated rings. The molecule has 0 aromatic rings. The molecule has 0 saturated heterocycles. The molecule has 96 valence electrons. The van der Waals surface area contributed by atoms with E-state index in [-0.39, 0.29) is 0 Å². The molecule has 0 heterocycles. The van der Waals surface area contributed by atoms with Gasteiger partial charge < -0.3 is 17.2 Å². The van der Waals surface area contributed by atoms with Gasteiger partial charge in [0.1, 0.15) is 5.66 Å². The van der Waals surface area contributed by atoms with Gasteiger partial charge in [-0.2, -0.15) is 0 Å². The van der Waals surface area contributed by atoms with Gasteiger partial charge in [0.05, 0.1) is 5.57 Å². The number of nitrogens with one attached hydrogen (secondary N) is 1. The Hall–Kier alpha value is -1.51. The van der Waals surface area contributed by atoms with Crippen molar-refractivity contribution in [3.63, 3.8) is 0 Å². The SMILES string of the molecule is CC#CC(C)(N)NC(C)(C)/C(C(N)=O)=C(/C)N. The summed E-state index contributed by atoms with van der Waals surface area (Å²) in [5, 5.41) is 3.06. The molecular weight excluding hydrogens is 216 g/mol. The van der Waals surface area contributed by atoms with Crippen molar-refractivity contribution in [1.82, 2.24) is 5.32 Å². The summed E-state index contributed by atoms with van der Waals surface area (Å²) >= 11 is 0. The average molecular weight is 238 g/mol. The van der Waals surface area contributed by atoms with Gasteiger partial charge in [-0.3, -0.25) is 10.1 Å². The largest absolute Gasteiger partial charge is 0.402 e. The van der Waals surface area contributed by atoms with Gasteiger partial charge in [-0.15, -0.1) is 5.92 Å². The minimum Gasteiger partial charge on any atom is -0.402 e. The van der Waals surface area contributed by atoms with Crippen molar-refractivity contribution < 1.29 is 4.79 Å². The van der Waals surface area contributed by atoms with Crippen LogP contribution in [0, 0.1) is 11.8 Å². The van der Waals surface area contributed by atoms with Crippen molar-refractivity contribution in [2.75, 3.05) is 0 Å². The lowest BCUT2D eigenvalue weighted by Crippen LogP contribution is -2.60. The van der Waals surface area contributed by atoms with E-state index < -0.39 is 17.1 Å². The Kier molecular flexibility index (Phi) is 4.75. The van der Waals surface area contributed by atoms with Crippen LogP contribution >= 0.6 is 0 Å². The lowest BCUT2D eigenvalue weighted by atomic mass is 9.90. The van der Waals surface area contributed by atoms with Crippen molar-refractivity contribution in [2.24, 2.45) is 17.2 Å². The molecular formula is C12H22N4O. The standard InChI is InChI=1S/C12H22N4O/c1-6-7-12(5,15)16-11(3,4)9(8(2)13)10(14)17/h16H,13,15H2,1-5H3,(H2,14,17)/b9-8-. The second-order valence-electron chi connectivity index (χ2n) is 4.75. The third-order valence-corrected chi connectivity index (χ3v) is 2.22. The maximum absolute atomic E-state index is 11.4. The van der Waals surface area contributed by atoms with E-state index >= 15 is 0 Å². The van der Waals surface area contributed by atoms with Crippen LogP contribution in [0.1, 0.15) is 34.6 Å². The van der Waals surface area contributed by atoms with Crippen molar-refractivity contribution in [1.29, 1.82) is 0 Å². The molecule has 0 aliphatic carbocycles. The van der Waals surface area contributed by atoms with Crippen molar-refractivity contribution >= 4 is 5.91 Å². The van der Waals surface area contributed by atoms with E-state index in [2.05, 4.69) is 17.2 Å². The number of carbonyl (C=O) groups excluding carboxylic acids is 1. The number of rotatable bonds is 4. The minimum atomic E-state index is -0.922. The van der Waals surface area contributed by atoms with Crippen LogP contribution < -0.4 is 22.5 Å². The van der Waals surface area contributed by atoms with E-state index in [1.54, 1.807) is 34.6 Å². The Morgan fingerprint density at radius 3 is 2.00 bits per heavy atom. The average Bonchev–Trinajstić information content (AvgIpc) is 1.96. The molecule has 1 amide bonds. The summed E-state index contributed by atoms with van der Waals surface area (Å²) in [6.07, 6.45) is 0. The molecule has 5 nitrogen and oxygen atoms in total. The first-order chi connectivity index (χ1) is 7.53. The summed E-state index contributed by atoms with van der Waals surface area (Å²) in [6, 6.07) is 0. The summed E-state index contributed by atoms with van der Waals surface area (Å²) in [5.74, 6) is 4.97. The molecule has 0 aliphatic heterocycles. The molecule has 0 radical (unpaired) electrons. The fraction of sp³-hybridized carbons (Fsp3) is 0.583. The quantitative estimate of drug-likeness (QED) is 0.308. The topological polar surface area (TPSA) is 107 Å². The molecule has 0 rings (SSSR count). The molecule has 17 heavy (non-hydrogen) atoms. The monoisotopic (exact) mass is 238 g/mol. The zero-order valence-corrected chi connectivity index (χ0v) is 11.1. The van der Waals surface area contributed by atoms with Crippen LogP contribution in [-0.4, -0.2) is 17.1 Å². The number of carbonyl (C=O) groups is 1. The van der Waals surface area contributed by atoms with Gasteiger partial charge in [0.2, 0.25) is 5.91 Å². The van der Waals surface area contributed by atoms with Crippen LogP contribution in [-0.2, 0) is 4.79 Å². The van der Waals surface area contributed by atoms with E-state index in [0.717, 1.165) is 0 Å². The van der Waals surface area contributed by atoms with E-state index in [0.29, 0.717) is 11.3 Å². The second kappa shape index (κ2) is 5.21. The Labute approximate surface area is 103 Å².